The molecule has 0 unspecified atom stereocenters. The largest absolute Gasteiger partial charge is 0.494 e. The van der Waals surface area contributed by atoms with Crippen molar-refractivity contribution in [2.75, 3.05) is 0 Å². The van der Waals surface area contributed by atoms with E-state index in [-0.39, 0.29) is 12.0 Å². The maximum Gasteiger partial charge on any atom is 0.494 e. The van der Waals surface area contributed by atoms with E-state index in [1.54, 1.807) is 24.3 Å². The number of carbonyl (C=O) groups is 2. The van der Waals surface area contributed by atoms with Crippen LogP contribution in [0, 0.1) is 0 Å². The van der Waals surface area contributed by atoms with Gasteiger partial charge in [-0.25, -0.2) is 4.79 Å². The molecular weight excluding hydrogens is 466 g/mol. The molecule has 1 aliphatic rings. The number of amides is 1. The number of carboxylic acid groups (broad SMARTS) is 1. The zero-order valence-electron chi connectivity index (χ0n) is 19.7. The summed E-state index contributed by atoms with van der Waals surface area (Å²) in [7, 11) is -0.581. The number of aliphatic hydroxyl groups is 1. The Morgan fingerprint density at radius 2 is 1.49 bits per heavy atom. The molecule has 1 amide bonds. The molecule has 188 valence electrons. The molecule has 0 radical (unpaired) electrons. The lowest BCUT2D eigenvalue weighted by molar-refractivity contribution is -0.143. The molecule has 1 fully saturated rings. The van der Waals surface area contributed by atoms with Gasteiger partial charge in [0.15, 0.2) is 6.10 Å². The third-order valence-electron chi connectivity index (χ3n) is 6.36. The molecule has 0 bridgehead atoms. The molecule has 1 heterocycles. The lowest BCUT2D eigenvalue weighted by Gasteiger charge is -2.32. The normalized spacial score (nSPS) is 18.7. The van der Waals surface area contributed by atoms with E-state index in [0.717, 1.165) is 29.7 Å². The van der Waals surface area contributed by atoms with Crippen LogP contribution in [0.1, 0.15) is 50.5 Å². The van der Waals surface area contributed by atoms with Crippen LogP contribution < -0.4 is 10.8 Å². The van der Waals surface area contributed by atoms with E-state index < -0.39 is 54.1 Å². The lowest BCUT2D eigenvalue weighted by Crippen LogP contribution is -2.44. The van der Waals surface area contributed by atoms with Crippen LogP contribution in [0.15, 0.2) is 48.5 Å². The minimum Gasteiger partial charge on any atom is -0.480 e. The molecule has 3 rings (SSSR count). The van der Waals surface area contributed by atoms with Crippen molar-refractivity contribution in [2.45, 2.75) is 63.6 Å². The Morgan fingerprint density at radius 1 is 0.971 bits per heavy atom. The molecule has 1 saturated heterocycles. The molecule has 0 spiro atoms. The van der Waals surface area contributed by atoms with Gasteiger partial charge in [-0.1, -0.05) is 36.4 Å². The van der Waals surface area contributed by atoms with Gasteiger partial charge < -0.3 is 24.8 Å². The number of carboxylic acids is 1. The molecule has 35 heavy (non-hydrogen) atoms. The summed E-state index contributed by atoms with van der Waals surface area (Å²) >= 11 is 0. The van der Waals surface area contributed by atoms with Gasteiger partial charge >= 0.3 is 19.3 Å². The molecule has 7 nitrogen and oxygen atoms in total. The van der Waals surface area contributed by atoms with Gasteiger partial charge in [-0.3, -0.25) is 4.79 Å². The fraction of sp³-hybridized carbons (Fsp3) is 0.417. The highest BCUT2D eigenvalue weighted by atomic mass is 19.4. The van der Waals surface area contributed by atoms with Gasteiger partial charge in [-0.05, 0) is 56.4 Å². The molecular formula is C24H27BF3NO6. The second kappa shape index (κ2) is 9.64. The second-order valence-electron chi connectivity index (χ2n) is 9.46. The van der Waals surface area contributed by atoms with E-state index >= 15 is 0 Å². The molecule has 2 aromatic rings. The van der Waals surface area contributed by atoms with Crippen LogP contribution in [-0.4, -0.2) is 46.5 Å². The summed E-state index contributed by atoms with van der Waals surface area (Å²) in [4.78, 5) is 24.1. The number of hydrogen-bond acceptors (Lipinski definition) is 5. The Labute approximate surface area is 201 Å². The van der Waals surface area contributed by atoms with Crippen LogP contribution in [0.3, 0.4) is 0 Å². The summed E-state index contributed by atoms with van der Waals surface area (Å²) in [5, 5.41) is 22.0. The standard InChI is InChI=1S/C24H27BF3NO6/c1-22(2)23(3,4)35-25(34-22)17-11-5-14(6-12-17)13-18(21(32)33)29-20(31)19(30)15-7-9-16(10-8-15)24(26,27)28/h5-12,18-19,30H,13H2,1-4H3,(H,29,31)(H,32,33)/t18-,19-/m1/s1. The van der Waals surface area contributed by atoms with Crippen molar-refractivity contribution >= 4 is 24.5 Å². The van der Waals surface area contributed by atoms with Crippen molar-refractivity contribution in [3.63, 3.8) is 0 Å². The summed E-state index contributed by atoms with van der Waals surface area (Å²) in [5.74, 6) is -2.36. The van der Waals surface area contributed by atoms with Gasteiger partial charge in [0.1, 0.15) is 6.04 Å². The summed E-state index contributed by atoms with van der Waals surface area (Å²) < 4.78 is 50.1. The first-order valence-electron chi connectivity index (χ1n) is 10.9. The van der Waals surface area contributed by atoms with Crippen molar-refractivity contribution in [3.05, 3.63) is 65.2 Å². The van der Waals surface area contributed by atoms with E-state index in [0.29, 0.717) is 5.56 Å². The zero-order valence-corrected chi connectivity index (χ0v) is 19.7. The molecule has 0 aliphatic carbocycles. The number of nitrogens with one attached hydrogen (secondary N) is 1. The number of carbonyl (C=O) groups excluding carboxylic acids is 1. The summed E-state index contributed by atoms with van der Waals surface area (Å²) in [5.41, 5.74) is -0.693. The van der Waals surface area contributed by atoms with E-state index in [2.05, 4.69) is 5.32 Å². The molecule has 3 N–H and O–H groups in total. The number of halogens is 3. The van der Waals surface area contributed by atoms with Crippen molar-refractivity contribution in [2.24, 2.45) is 0 Å². The van der Waals surface area contributed by atoms with Crippen molar-refractivity contribution < 1.29 is 42.3 Å². The minimum atomic E-state index is -4.56. The van der Waals surface area contributed by atoms with E-state index in [1.807, 2.05) is 27.7 Å². The number of rotatable bonds is 7. The quantitative estimate of drug-likeness (QED) is 0.513. The molecule has 0 aromatic heterocycles. The number of aliphatic hydroxyl groups excluding tert-OH is 1. The highest BCUT2D eigenvalue weighted by Gasteiger charge is 2.51. The lowest BCUT2D eigenvalue weighted by atomic mass is 9.78. The third-order valence-corrected chi connectivity index (χ3v) is 6.36. The number of aliphatic carboxylic acids is 1. The maximum absolute atomic E-state index is 12.7. The average Bonchev–Trinajstić information content (AvgIpc) is 2.99. The monoisotopic (exact) mass is 493 g/mol. The Hall–Kier alpha value is -2.89. The number of benzene rings is 2. The Kier molecular flexibility index (Phi) is 7.36. The van der Waals surface area contributed by atoms with E-state index in [4.69, 9.17) is 9.31 Å². The number of alkyl halides is 3. The predicted octanol–water partition coefficient (Wildman–Crippen LogP) is 2.85. The van der Waals surface area contributed by atoms with Crippen LogP contribution in [0.2, 0.25) is 0 Å². The fourth-order valence-corrected chi connectivity index (χ4v) is 3.48. The highest BCUT2D eigenvalue weighted by molar-refractivity contribution is 6.62. The highest BCUT2D eigenvalue weighted by Crippen LogP contribution is 2.36. The third kappa shape index (κ3) is 6.03. The zero-order chi connectivity index (χ0) is 26.2. The van der Waals surface area contributed by atoms with Gasteiger partial charge in [0.05, 0.1) is 16.8 Å². The van der Waals surface area contributed by atoms with Crippen molar-refractivity contribution in [3.8, 4) is 0 Å². The first-order valence-corrected chi connectivity index (χ1v) is 10.9. The first kappa shape index (κ1) is 26.7. The second-order valence-corrected chi connectivity index (χ2v) is 9.46. The Morgan fingerprint density at radius 3 is 1.94 bits per heavy atom. The maximum atomic E-state index is 12.7. The fourth-order valence-electron chi connectivity index (χ4n) is 3.48. The molecule has 2 atom stereocenters. The topological polar surface area (TPSA) is 105 Å². The molecule has 1 aliphatic heterocycles. The Bertz CT molecular complexity index is 1050. The van der Waals surface area contributed by atoms with E-state index in [9.17, 15) is 33.0 Å². The van der Waals surface area contributed by atoms with Crippen LogP contribution in [0.4, 0.5) is 13.2 Å². The summed E-state index contributed by atoms with van der Waals surface area (Å²) in [6.07, 6.45) is -6.47. The van der Waals surface area contributed by atoms with E-state index in [1.165, 1.54) is 0 Å². The average molecular weight is 493 g/mol. The van der Waals surface area contributed by atoms with Crippen LogP contribution in [0.25, 0.3) is 0 Å². The first-order chi connectivity index (χ1) is 16.1. The van der Waals surface area contributed by atoms with Gasteiger partial charge in [-0.2, -0.15) is 13.2 Å². The van der Waals surface area contributed by atoms with Gasteiger partial charge in [0, 0.05) is 6.42 Å². The predicted molar refractivity (Wildman–Crippen MR) is 122 cm³/mol. The smallest absolute Gasteiger partial charge is 0.480 e. The van der Waals surface area contributed by atoms with Crippen LogP contribution >= 0.6 is 0 Å². The van der Waals surface area contributed by atoms with Gasteiger partial charge in [0.2, 0.25) is 0 Å². The molecule has 11 heteroatoms. The van der Waals surface area contributed by atoms with Gasteiger partial charge in [0.25, 0.3) is 5.91 Å². The summed E-state index contributed by atoms with van der Waals surface area (Å²) in [6, 6.07) is 8.92. The van der Waals surface area contributed by atoms with Gasteiger partial charge in [-0.15, -0.1) is 0 Å². The van der Waals surface area contributed by atoms with Crippen molar-refractivity contribution in [1.82, 2.24) is 5.32 Å². The number of hydrogen-bond donors (Lipinski definition) is 3. The van der Waals surface area contributed by atoms with Crippen LogP contribution in [0.5, 0.6) is 0 Å². The Balaban J connectivity index is 1.65. The minimum absolute atomic E-state index is 0.0789. The molecule has 0 saturated carbocycles. The molecule has 2 aromatic carbocycles. The van der Waals surface area contributed by atoms with Crippen molar-refractivity contribution in [1.29, 1.82) is 0 Å². The summed E-state index contributed by atoms with van der Waals surface area (Å²) in [6.45, 7) is 7.72. The SMILES string of the molecule is CC1(C)OB(c2ccc(C[C@@H](NC(=O)[C@H](O)c3ccc(C(F)(F)F)cc3)C(=O)O)cc2)OC1(C)C. The van der Waals surface area contributed by atoms with Crippen LogP contribution in [-0.2, 0) is 31.5 Å².